The number of aliphatic hydroxyl groups excluding tert-OH is 1. The van der Waals surface area contributed by atoms with E-state index in [1.807, 2.05) is 37.3 Å². The fourth-order valence-electron chi connectivity index (χ4n) is 1.98. The van der Waals surface area contributed by atoms with Crippen molar-refractivity contribution in [3.63, 3.8) is 0 Å². The summed E-state index contributed by atoms with van der Waals surface area (Å²) >= 11 is 5.87. The van der Waals surface area contributed by atoms with E-state index in [2.05, 4.69) is 15.3 Å². The maximum Gasteiger partial charge on any atom is 0.271 e. The van der Waals surface area contributed by atoms with Gasteiger partial charge in [-0.1, -0.05) is 41.9 Å². The number of amides is 1. The molecule has 1 aromatic heterocycles. The van der Waals surface area contributed by atoms with Crippen LogP contribution in [0.15, 0.2) is 42.9 Å². The normalized spacial score (nSPS) is 13.5. The third kappa shape index (κ3) is 4.24. The molecule has 0 aliphatic carbocycles. The van der Waals surface area contributed by atoms with E-state index in [4.69, 9.17) is 11.6 Å². The molecule has 0 aliphatic heterocycles. The quantitative estimate of drug-likeness (QED) is 0.889. The summed E-state index contributed by atoms with van der Waals surface area (Å²) < 4.78 is 0. The molecule has 0 aliphatic rings. The van der Waals surface area contributed by atoms with Gasteiger partial charge < -0.3 is 10.4 Å². The Bertz CT molecular complexity index is 607. The Morgan fingerprint density at radius 1 is 1.38 bits per heavy atom. The van der Waals surface area contributed by atoms with Crippen molar-refractivity contribution in [3.8, 4) is 0 Å². The Labute approximate surface area is 128 Å². The monoisotopic (exact) mass is 305 g/mol. The van der Waals surface area contributed by atoms with Crippen LogP contribution in [0.5, 0.6) is 0 Å². The van der Waals surface area contributed by atoms with Crippen molar-refractivity contribution in [2.45, 2.75) is 25.5 Å². The molecule has 2 atom stereocenters. The first-order valence-electron chi connectivity index (χ1n) is 6.57. The van der Waals surface area contributed by atoms with Crippen LogP contribution in [0.2, 0.25) is 5.02 Å². The lowest BCUT2D eigenvalue weighted by Gasteiger charge is -2.18. The summed E-state index contributed by atoms with van der Waals surface area (Å²) in [4.78, 5) is 19.6. The standard InChI is InChI=1S/C15H16ClN3O2/c1-10(7-13(20)11-5-3-2-4-6-11)19-15(21)14-12(16)8-17-9-18-14/h2-6,8-10,13,20H,7H2,1H3,(H,19,21). The molecule has 1 aromatic carbocycles. The molecule has 0 saturated heterocycles. The van der Waals surface area contributed by atoms with Gasteiger partial charge in [0.15, 0.2) is 0 Å². The summed E-state index contributed by atoms with van der Waals surface area (Å²) in [5, 5.41) is 13.1. The van der Waals surface area contributed by atoms with Gasteiger partial charge in [0.25, 0.3) is 5.91 Å². The molecule has 0 bridgehead atoms. The Morgan fingerprint density at radius 3 is 2.76 bits per heavy atom. The number of carbonyl (C=O) groups is 1. The number of nitrogens with zero attached hydrogens (tertiary/aromatic N) is 2. The van der Waals surface area contributed by atoms with Gasteiger partial charge >= 0.3 is 0 Å². The van der Waals surface area contributed by atoms with Crippen LogP contribution in [-0.2, 0) is 0 Å². The lowest BCUT2D eigenvalue weighted by molar-refractivity contribution is 0.0912. The zero-order chi connectivity index (χ0) is 15.2. The van der Waals surface area contributed by atoms with Gasteiger partial charge in [-0.05, 0) is 18.9 Å². The van der Waals surface area contributed by atoms with Gasteiger partial charge in [-0.3, -0.25) is 4.79 Å². The molecule has 2 N–H and O–H groups in total. The van der Waals surface area contributed by atoms with E-state index in [0.717, 1.165) is 5.56 Å². The Kier molecular flexibility index (Phi) is 5.25. The van der Waals surface area contributed by atoms with Crippen molar-refractivity contribution >= 4 is 17.5 Å². The number of rotatable bonds is 5. The summed E-state index contributed by atoms with van der Waals surface area (Å²) in [6.07, 6.45) is 2.40. The minimum atomic E-state index is -0.637. The van der Waals surface area contributed by atoms with E-state index in [1.165, 1.54) is 12.5 Å². The molecule has 0 fully saturated rings. The Morgan fingerprint density at radius 2 is 2.10 bits per heavy atom. The molecule has 110 valence electrons. The molecule has 21 heavy (non-hydrogen) atoms. The van der Waals surface area contributed by atoms with E-state index in [0.29, 0.717) is 6.42 Å². The SMILES string of the molecule is CC(CC(O)c1ccccc1)NC(=O)c1ncncc1Cl. The zero-order valence-corrected chi connectivity index (χ0v) is 12.3. The van der Waals surface area contributed by atoms with Crippen LogP contribution >= 0.6 is 11.6 Å². The first kappa shape index (κ1) is 15.4. The van der Waals surface area contributed by atoms with Crippen LogP contribution in [0.3, 0.4) is 0 Å². The van der Waals surface area contributed by atoms with Crippen LogP contribution < -0.4 is 5.32 Å². The van der Waals surface area contributed by atoms with Crippen molar-refractivity contribution in [1.82, 2.24) is 15.3 Å². The number of hydrogen-bond acceptors (Lipinski definition) is 4. The average molecular weight is 306 g/mol. The van der Waals surface area contributed by atoms with Crippen LogP contribution in [0.25, 0.3) is 0 Å². The number of benzene rings is 1. The second-order valence-corrected chi connectivity index (χ2v) is 5.16. The van der Waals surface area contributed by atoms with E-state index in [-0.39, 0.29) is 22.7 Å². The third-order valence-corrected chi connectivity index (χ3v) is 3.30. The number of nitrogens with one attached hydrogen (secondary N) is 1. The van der Waals surface area contributed by atoms with Gasteiger partial charge in [0.05, 0.1) is 11.1 Å². The van der Waals surface area contributed by atoms with Crippen LogP contribution in [-0.4, -0.2) is 27.0 Å². The largest absolute Gasteiger partial charge is 0.388 e. The molecular formula is C15H16ClN3O2. The first-order valence-corrected chi connectivity index (χ1v) is 6.95. The lowest BCUT2D eigenvalue weighted by atomic mass is 10.0. The highest BCUT2D eigenvalue weighted by Gasteiger charge is 2.17. The fraction of sp³-hybridized carbons (Fsp3) is 0.267. The highest BCUT2D eigenvalue weighted by Crippen LogP contribution is 2.18. The van der Waals surface area contributed by atoms with Crippen molar-refractivity contribution in [3.05, 3.63) is 59.1 Å². The van der Waals surface area contributed by atoms with Gasteiger partial charge in [-0.2, -0.15) is 0 Å². The number of carbonyl (C=O) groups excluding carboxylic acids is 1. The summed E-state index contributed by atoms with van der Waals surface area (Å²) in [5.74, 6) is -0.379. The molecule has 1 heterocycles. The van der Waals surface area contributed by atoms with Crippen molar-refractivity contribution < 1.29 is 9.90 Å². The number of hydrogen-bond donors (Lipinski definition) is 2. The first-order chi connectivity index (χ1) is 10.1. The second kappa shape index (κ2) is 7.15. The van der Waals surface area contributed by atoms with E-state index < -0.39 is 6.10 Å². The summed E-state index contributed by atoms with van der Waals surface area (Å²) in [6, 6.07) is 9.09. The van der Waals surface area contributed by atoms with Crippen LogP contribution in [0, 0.1) is 0 Å². The number of halogens is 1. The second-order valence-electron chi connectivity index (χ2n) is 4.76. The molecule has 5 nitrogen and oxygen atoms in total. The summed E-state index contributed by atoms with van der Waals surface area (Å²) in [6.45, 7) is 1.82. The predicted molar refractivity (Wildman–Crippen MR) is 80.0 cm³/mol. The van der Waals surface area contributed by atoms with Crippen LogP contribution in [0.4, 0.5) is 0 Å². The topological polar surface area (TPSA) is 75.1 Å². The Hall–Kier alpha value is -1.98. The predicted octanol–water partition coefficient (Wildman–Crippen LogP) is 2.37. The molecule has 2 rings (SSSR count). The van der Waals surface area contributed by atoms with Crippen molar-refractivity contribution in [2.24, 2.45) is 0 Å². The molecule has 1 amide bonds. The average Bonchev–Trinajstić information content (AvgIpc) is 2.48. The van der Waals surface area contributed by atoms with Gasteiger partial charge in [0.2, 0.25) is 0 Å². The zero-order valence-electron chi connectivity index (χ0n) is 11.5. The molecule has 0 saturated carbocycles. The molecule has 6 heteroatoms. The maximum atomic E-state index is 12.0. The van der Waals surface area contributed by atoms with E-state index >= 15 is 0 Å². The highest BCUT2D eigenvalue weighted by atomic mass is 35.5. The highest BCUT2D eigenvalue weighted by molar-refractivity contribution is 6.33. The van der Waals surface area contributed by atoms with E-state index in [9.17, 15) is 9.90 Å². The maximum absolute atomic E-state index is 12.0. The van der Waals surface area contributed by atoms with Gasteiger partial charge in [0, 0.05) is 12.2 Å². The third-order valence-electron chi connectivity index (χ3n) is 3.02. The minimum absolute atomic E-state index is 0.132. The smallest absolute Gasteiger partial charge is 0.271 e. The number of aromatic nitrogens is 2. The molecular weight excluding hydrogens is 290 g/mol. The fourth-order valence-corrected chi connectivity index (χ4v) is 2.17. The number of aliphatic hydroxyl groups is 1. The van der Waals surface area contributed by atoms with Crippen molar-refractivity contribution in [2.75, 3.05) is 0 Å². The van der Waals surface area contributed by atoms with Crippen molar-refractivity contribution in [1.29, 1.82) is 0 Å². The summed E-state index contributed by atoms with van der Waals surface area (Å²) in [7, 11) is 0. The van der Waals surface area contributed by atoms with Gasteiger partial charge in [-0.15, -0.1) is 0 Å². The molecule has 0 spiro atoms. The molecule has 0 radical (unpaired) electrons. The Balaban J connectivity index is 1.94. The van der Waals surface area contributed by atoms with Gasteiger partial charge in [0.1, 0.15) is 12.0 Å². The lowest BCUT2D eigenvalue weighted by Crippen LogP contribution is -2.34. The molecule has 2 aromatic rings. The van der Waals surface area contributed by atoms with Crippen LogP contribution in [0.1, 0.15) is 35.5 Å². The van der Waals surface area contributed by atoms with Gasteiger partial charge in [-0.25, -0.2) is 9.97 Å². The molecule has 2 unspecified atom stereocenters. The minimum Gasteiger partial charge on any atom is -0.388 e. The summed E-state index contributed by atoms with van der Waals surface area (Å²) in [5.41, 5.74) is 0.950. The van der Waals surface area contributed by atoms with E-state index in [1.54, 1.807) is 0 Å².